The van der Waals surface area contributed by atoms with Crippen LogP contribution in [0.5, 0.6) is 0 Å². The van der Waals surface area contributed by atoms with E-state index >= 15 is 0 Å². The molecule has 0 unspecified atom stereocenters. The number of carbonyl (C=O) groups excluding carboxylic acids is 2. The van der Waals surface area contributed by atoms with E-state index in [0.717, 1.165) is 11.3 Å². The number of carbonyl (C=O) groups is 3. The third-order valence-corrected chi connectivity index (χ3v) is 2.58. The van der Waals surface area contributed by atoms with Gasteiger partial charge in [-0.25, -0.2) is 9.59 Å². The maximum atomic E-state index is 11.0. The van der Waals surface area contributed by atoms with E-state index in [2.05, 4.69) is 4.74 Å². The second-order valence-electron chi connectivity index (χ2n) is 2.70. The Labute approximate surface area is 89.3 Å². The number of carboxylic acids is 1. The molecular formula is C9H8O5S. The van der Waals surface area contributed by atoms with Crippen LogP contribution in [0, 0.1) is 0 Å². The molecule has 0 amide bonds. The van der Waals surface area contributed by atoms with E-state index < -0.39 is 17.7 Å². The molecule has 0 spiro atoms. The fourth-order valence-electron chi connectivity index (χ4n) is 0.932. The molecule has 0 aromatic carbocycles. The predicted molar refractivity (Wildman–Crippen MR) is 52.0 cm³/mol. The number of ether oxygens (including phenoxy) is 1. The maximum absolute atomic E-state index is 11.0. The molecule has 0 aliphatic rings. The van der Waals surface area contributed by atoms with Crippen LogP contribution in [-0.2, 0) is 20.7 Å². The molecule has 0 fully saturated rings. The topological polar surface area (TPSA) is 80.7 Å². The first-order valence-corrected chi connectivity index (χ1v) is 4.84. The number of ketones is 1. The van der Waals surface area contributed by atoms with Crippen LogP contribution in [0.15, 0.2) is 11.4 Å². The molecule has 1 N–H and O–H groups in total. The number of Topliss-reactive ketones (excluding diaryl/α,β-unsaturated/α-hetero) is 1. The normalized spacial score (nSPS) is 9.67. The molecule has 1 rings (SSSR count). The van der Waals surface area contributed by atoms with Gasteiger partial charge >= 0.3 is 11.9 Å². The standard InChI is InChI=1S/C9H8O5S/c1-14-9(13)5-2-6(15-4-5)3-7(10)8(11)12/h2,4H,3H2,1H3,(H,11,12). The van der Waals surface area contributed by atoms with E-state index in [1.165, 1.54) is 18.6 Å². The van der Waals surface area contributed by atoms with Crippen molar-refractivity contribution in [1.29, 1.82) is 0 Å². The quantitative estimate of drug-likeness (QED) is 0.607. The Morgan fingerprint density at radius 1 is 1.47 bits per heavy atom. The summed E-state index contributed by atoms with van der Waals surface area (Å²) in [5.74, 6) is -2.86. The summed E-state index contributed by atoms with van der Waals surface area (Å²) in [7, 11) is 1.25. The van der Waals surface area contributed by atoms with Gasteiger partial charge in [-0.2, -0.15) is 0 Å². The van der Waals surface area contributed by atoms with E-state index in [-0.39, 0.29) is 6.42 Å². The van der Waals surface area contributed by atoms with Gasteiger partial charge in [0, 0.05) is 10.3 Å². The molecule has 1 aromatic heterocycles. The minimum absolute atomic E-state index is 0.197. The highest BCUT2D eigenvalue weighted by Gasteiger charge is 2.15. The number of hydrogen-bond donors (Lipinski definition) is 1. The highest BCUT2D eigenvalue weighted by molar-refractivity contribution is 7.10. The van der Waals surface area contributed by atoms with Gasteiger partial charge in [-0.1, -0.05) is 0 Å². The fourth-order valence-corrected chi connectivity index (χ4v) is 1.78. The Kier molecular flexibility index (Phi) is 3.56. The Hall–Kier alpha value is -1.69. The van der Waals surface area contributed by atoms with E-state index in [1.54, 1.807) is 0 Å². The van der Waals surface area contributed by atoms with Gasteiger partial charge in [0.05, 0.1) is 19.1 Å². The lowest BCUT2D eigenvalue weighted by Gasteiger charge is -1.92. The lowest BCUT2D eigenvalue weighted by Crippen LogP contribution is -2.14. The zero-order valence-corrected chi connectivity index (χ0v) is 8.67. The summed E-state index contributed by atoms with van der Waals surface area (Å²) in [4.78, 5) is 32.7. The molecule has 6 heteroatoms. The lowest BCUT2D eigenvalue weighted by molar-refractivity contribution is -0.148. The van der Waals surface area contributed by atoms with Gasteiger partial charge < -0.3 is 9.84 Å². The van der Waals surface area contributed by atoms with Crippen molar-refractivity contribution in [2.75, 3.05) is 7.11 Å². The molecule has 80 valence electrons. The van der Waals surface area contributed by atoms with Crippen molar-refractivity contribution in [3.8, 4) is 0 Å². The minimum Gasteiger partial charge on any atom is -0.475 e. The molecule has 0 saturated heterocycles. The van der Waals surface area contributed by atoms with Gasteiger partial charge in [-0.05, 0) is 6.07 Å². The Morgan fingerprint density at radius 3 is 2.67 bits per heavy atom. The van der Waals surface area contributed by atoms with Gasteiger partial charge in [0.1, 0.15) is 0 Å². The molecule has 5 nitrogen and oxygen atoms in total. The van der Waals surface area contributed by atoms with Crippen LogP contribution >= 0.6 is 11.3 Å². The number of thiophene rings is 1. The largest absolute Gasteiger partial charge is 0.475 e. The van der Waals surface area contributed by atoms with Crippen LogP contribution in [0.1, 0.15) is 15.2 Å². The van der Waals surface area contributed by atoms with Crippen LogP contribution in [0.3, 0.4) is 0 Å². The van der Waals surface area contributed by atoms with Crippen molar-refractivity contribution in [1.82, 2.24) is 0 Å². The molecular weight excluding hydrogens is 220 g/mol. The molecule has 0 saturated carbocycles. The number of rotatable bonds is 4. The SMILES string of the molecule is COC(=O)c1csc(CC(=O)C(=O)O)c1. The summed E-state index contributed by atoms with van der Waals surface area (Å²) in [5.41, 5.74) is 0.329. The summed E-state index contributed by atoms with van der Waals surface area (Å²) in [6.45, 7) is 0. The number of aliphatic carboxylic acids is 1. The van der Waals surface area contributed by atoms with E-state index in [1.807, 2.05) is 0 Å². The monoisotopic (exact) mass is 228 g/mol. The van der Waals surface area contributed by atoms with Crippen molar-refractivity contribution in [3.63, 3.8) is 0 Å². The average Bonchev–Trinajstić information content (AvgIpc) is 2.65. The average molecular weight is 228 g/mol. The van der Waals surface area contributed by atoms with Gasteiger partial charge in [0.2, 0.25) is 5.78 Å². The molecule has 0 aliphatic heterocycles. The van der Waals surface area contributed by atoms with Crippen molar-refractivity contribution in [3.05, 3.63) is 21.9 Å². The first-order chi connectivity index (χ1) is 7.04. The number of hydrogen-bond acceptors (Lipinski definition) is 5. The van der Waals surface area contributed by atoms with Crippen LogP contribution in [0.2, 0.25) is 0 Å². The summed E-state index contributed by atoms with van der Waals surface area (Å²) in [6.07, 6.45) is -0.197. The van der Waals surface area contributed by atoms with Crippen LogP contribution in [-0.4, -0.2) is 29.9 Å². The molecule has 1 aromatic rings. The van der Waals surface area contributed by atoms with Crippen molar-refractivity contribution in [2.24, 2.45) is 0 Å². The van der Waals surface area contributed by atoms with E-state index in [0.29, 0.717) is 10.4 Å². The Balaban J connectivity index is 2.73. The van der Waals surface area contributed by atoms with Crippen molar-refractivity contribution < 1.29 is 24.2 Å². The highest BCUT2D eigenvalue weighted by atomic mass is 32.1. The number of methoxy groups -OCH3 is 1. The van der Waals surface area contributed by atoms with Crippen LogP contribution in [0.4, 0.5) is 0 Å². The van der Waals surface area contributed by atoms with E-state index in [4.69, 9.17) is 5.11 Å². The third kappa shape index (κ3) is 2.88. The van der Waals surface area contributed by atoms with Crippen molar-refractivity contribution >= 4 is 29.1 Å². The zero-order chi connectivity index (χ0) is 11.4. The smallest absolute Gasteiger partial charge is 0.372 e. The molecule has 0 aliphatic carbocycles. The van der Waals surface area contributed by atoms with E-state index in [9.17, 15) is 14.4 Å². The lowest BCUT2D eigenvalue weighted by atomic mass is 10.2. The second-order valence-corrected chi connectivity index (χ2v) is 3.69. The van der Waals surface area contributed by atoms with Gasteiger partial charge in [0.15, 0.2) is 0 Å². The Bertz CT molecular complexity index is 406. The fraction of sp³-hybridized carbons (Fsp3) is 0.222. The zero-order valence-electron chi connectivity index (χ0n) is 7.85. The van der Waals surface area contributed by atoms with Gasteiger partial charge in [0.25, 0.3) is 0 Å². The highest BCUT2D eigenvalue weighted by Crippen LogP contribution is 2.16. The minimum atomic E-state index is -1.47. The predicted octanol–water partition coefficient (Wildman–Crippen LogP) is 0.731. The van der Waals surface area contributed by atoms with Crippen LogP contribution in [0.25, 0.3) is 0 Å². The molecule has 0 bridgehead atoms. The summed E-state index contributed by atoms with van der Waals surface area (Å²) >= 11 is 1.15. The summed E-state index contributed by atoms with van der Waals surface area (Å²) in [5, 5.41) is 9.89. The van der Waals surface area contributed by atoms with Gasteiger partial charge in [-0.15, -0.1) is 11.3 Å². The Morgan fingerprint density at radius 2 is 2.13 bits per heavy atom. The first-order valence-electron chi connectivity index (χ1n) is 3.96. The summed E-state index contributed by atoms with van der Waals surface area (Å²) < 4.78 is 4.47. The first kappa shape index (κ1) is 11.4. The van der Waals surface area contributed by atoms with Crippen molar-refractivity contribution in [2.45, 2.75) is 6.42 Å². The second kappa shape index (κ2) is 4.70. The molecule has 0 radical (unpaired) electrons. The summed E-state index contributed by atoms with van der Waals surface area (Å²) in [6, 6.07) is 1.46. The molecule has 0 atom stereocenters. The third-order valence-electron chi connectivity index (χ3n) is 1.65. The molecule has 15 heavy (non-hydrogen) atoms. The maximum Gasteiger partial charge on any atom is 0.372 e. The molecule has 1 heterocycles. The number of esters is 1. The van der Waals surface area contributed by atoms with Gasteiger partial charge in [-0.3, -0.25) is 4.79 Å². The van der Waals surface area contributed by atoms with Crippen LogP contribution < -0.4 is 0 Å². The number of carboxylic acid groups (broad SMARTS) is 1.